The first-order valence-electron chi connectivity index (χ1n) is 4.66. The van der Waals surface area contributed by atoms with Crippen molar-refractivity contribution in [3.05, 3.63) is 37.4 Å². The molecule has 0 aliphatic rings. The lowest BCUT2D eigenvalue weighted by Crippen LogP contribution is -2.24. The van der Waals surface area contributed by atoms with E-state index in [1.54, 1.807) is 16.8 Å². The van der Waals surface area contributed by atoms with Crippen molar-refractivity contribution in [2.24, 2.45) is 0 Å². The van der Waals surface area contributed by atoms with Crippen LogP contribution in [0.1, 0.15) is 15.4 Å². The number of aromatic nitrogens is 1. The summed E-state index contributed by atoms with van der Waals surface area (Å²) in [7, 11) is 0. The third kappa shape index (κ3) is 3.13. The highest BCUT2D eigenvalue weighted by atomic mass is 79.9. The number of hydrogen-bond acceptors (Lipinski definition) is 4. The fourth-order valence-corrected chi connectivity index (χ4v) is 3.08. The molecule has 0 unspecified atom stereocenters. The van der Waals surface area contributed by atoms with Gasteiger partial charge in [0.05, 0.1) is 19.9 Å². The monoisotopic (exact) mass is 316 g/mol. The second-order valence-corrected chi connectivity index (χ2v) is 6.27. The van der Waals surface area contributed by atoms with Crippen LogP contribution in [0.3, 0.4) is 0 Å². The largest absolute Gasteiger partial charge is 0.351 e. The number of halogens is 1. The standard InChI is InChI=1S/C10H9BrN2OS2/c11-9-2-1-8(16-9)10(14)12-4-3-7-5-15-6-13-7/h1-2,5-6H,3-4H2,(H,12,14). The van der Waals surface area contributed by atoms with Crippen LogP contribution in [0.5, 0.6) is 0 Å². The van der Waals surface area contributed by atoms with Crippen molar-refractivity contribution < 1.29 is 4.79 Å². The molecule has 1 N–H and O–H groups in total. The van der Waals surface area contributed by atoms with E-state index in [-0.39, 0.29) is 5.91 Å². The Morgan fingerprint density at radius 2 is 2.38 bits per heavy atom. The number of thiophene rings is 1. The van der Waals surface area contributed by atoms with E-state index < -0.39 is 0 Å². The van der Waals surface area contributed by atoms with Crippen molar-refractivity contribution in [3.8, 4) is 0 Å². The van der Waals surface area contributed by atoms with Gasteiger partial charge < -0.3 is 5.32 Å². The molecule has 0 saturated heterocycles. The zero-order chi connectivity index (χ0) is 11.4. The van der Waals surface area contributed by atoms with E-state index in [4.69, 9.17) is 0 Å². The van der Waals surface area contributed by atoms with Crippen LogP contribution in [-0.4, -0.2) is 17.4 Å². The van der Waals surface area contributed by atoms with Crippen molar-refractivity contribution in [1.82, 2.24) is 10.3 Å². The van der Waals surface area contributed by atoms with Gasteiger partial charge in [0.1, 0.15) is 0 Å². The van der Waals surface area contributed by atoms with Crippen LogP contribution in [-0.2, 0) is 6.42 Å². The van der Waals surface area contributed by atoms with E-state index >= 15 is 0 Å². The summed E-state index contributed by atoms with van der Waals surface area (Å²) in [6, 6.07) is 3.69. The minimum atomic E-state index is -0.0223. The summed E-state index contributed by atoms with van der Waals surface area (Å²) in [6.45, 7) is 0.623. The maximum absolute atomic E-state index is 11.6. The maximum Gasteiger partial charge on any atom is 0.261 e. The van der Waals surface area contributed by atoms with Gasteiger partial charge in [0.2, 0.25) is 0 Å². The molecule has 0 atom stereocenters. The van der Waals surface area contributed by atoms with Gasteiger partial charge in [-0.1, -0.05) is 0 Å². The molecule has 1 amide bonds. The average molecular weight is 317 g/mol. The summed E-state index contributed by atoms with van der Waals surface area (Å²) in [5.74, 6) is -0.0223. The van der Waals surface area contributed by atoms with E-state index in [1.165, 1.54) is 11.3 Å². The molecule has 84 valence electrons. The molecule has 16 heavy (non-hydrogen) atoms. The number of nitrogens with zero attached hydrogens (tertiary/aromatic N) is 1. The van der Waals surface area contributed by atoms with Gasteiger partial charge in [-0.2, -0.15) is 0 Å². The number of carbonyl (C=O) groups is 1. The molecule has 0 aromatic carbocycles. The lowest BCUT2D eigenvalue weighted by Gasteiger charge is -2.01. The Balaban J connectivity index is 1.80. The molecule has 6 heteroatoms. The van der Waals surface area contributed by atoms with Gasteiger partial charge in [-0.25, -0.2) is 4.98 Å². The van der Waals surface area contributed by atoms with E-state index in [1.807, 2.05) is 17.5 Å². The zero-order valence-electron chi connectivity index (χ0n) is 8.27. The number of amides is 1. The summed E-state index contributed by atoms with van der Waals surface area (Å²) >= 11 is 6.34. The normalized spacial score (nSPS) is 10.3. The maximum atomic E-state index is 11.6. The predicted molar refractivity (Wildman–Crippen MR) is 70.2 cm³/mol. The molecule has 0 saturated carbocycles. The van der Waals surface area contributed by atoms with Crippen LogP contribution in [0.15, 0.2) is 26.8 Å². The summed E-state index contributed by atoms with van der Waals surface area (Å²) in [5, 5.41) is 4.86. The third-order valence-corrected chi connectivity index (χ3v) is 4.20. The Morgan fingerprint density at radius 1 is 1.50 bits per heavy atom. The quantitative estimate of drug-likeness (QED) is 0.942. The van der Waals surface area contributed by atoms with E-state index in [0.29, 0.717) is 6.54 Å². The zero-order valence-corrected chi connectivity index (χ0v) is 11.5. The van der Waals surface area contributed by atoms with Crippen LogP contribution in [0.25, 0.3) is 0 Å². The Kier molecular flexibility index (Phi) is 4.09. The minimum absolute atomic E-state index is 0.0223. The summed E-state index contributed by atoms with van der Waals surface area (Å²) in [4.78, 5) is 16.5. The van der Waals surface area contributed by atoms with Crippen molar-refractivity contribution in [1.29, 1.82) is 0 Å². The number of carbonyl (C=O) groups excluding carboxylic acids is 1. The van der Waals surface area contributed by atoms with Gasteiger partial charge in [0.25, 0.3) is 5.91 Å². The van der Waals surface area contributed by atoms with Gasteiger partial charge in [-0.05, 0) is 28.1 Å². The Hall–Kier alpha value is -0.720. The lowest BCUT2D eigenvalue weighted by molar-refractivity contribution is 0.0958. The molecule has 0 bridgehead atoms. The minimum Gasteiger partial charge on any atom is -0.351 e. The van der Waals surface area contributed by atoms with Crippen LogP contribution in [0.4, 0.5) is 0 Å². The smallest absolute Gasteiger partial charge is 0.261 e. The first-order chi connectivity index (χ1) is 7.75. The number of rotatable bonds is 4. The highest BCUT2D eigenvalue weighted by Gasteiger charge is 2.07. The van der Waals surface area contributed by atoms with Crippen LogP contribution >= 0.6 is 38.6 Å². The van der Waals surface area contributed by atoms with Crippen LogP contribution < -0.4 is 5.32 Å². The highest BCUT2D eigenvalue weighted by Crippen LogP contribution is 2.21. The highest BCUT2D eigenvalue weighted by molar-refractivity contribution is 9.11. The third-order valence-electron chi connectivity index (χ3n) is 1.95. The molecular weight excluding hydrogens is 308 g/mol. The van der Waals surface area contributed by atoms with E-state index in [0.717, 1.165) is 20.8 Å². The molecule has 0 aliphatic heterocycles. The summed E-state index contributed by atoms with van der Waals surface area (Å²) in [6.07, 6.45) is 0.780. The second-order valence-electron chi connectivity index (χ2n) is 3.09. The summed E-state index contributed by atoms with van der Waals surface area (Å²) < 4.78 is 0.970. The molecule has 0 spiro atoms. The number of nitrogens with one attached hydrogen (secondary N) is 1. The van der Waals surface area contributed by atoms with E-state index in [9.17, 15) is 4.79 Å². The first-order valence-corrected chi connectivity index (χ1v) is 7.21. The Bertz CT molecular complexity index is 467. The second kappa shape index (κ2) is 5.56. The number of thiazole rings is 1. The van der Waals surface area contributed by atoms with Crippen LogP contribution in [0.2, 0.25) is 0 Å². The van der Waals surface area contributed by atoms with Gasteiger partial charge in [0, 0.05) is 18.3 Å². The van der Waals surface area contributed by atoms with Gasteiger partial charge in [0.15, 0.2) is 0 Å². The molecule has 2 heterocycles. The van der Waals surface area contributed by atoms with Gasteiger partial charge in [-0.3, -0.25) is 4.79 Å². The predicted octanol–water partition coefficient (Wildman–Crippen LogP) is 2.94. The molecule has 0 fully saturated rings. The fraction of sp³-hybridized carbons (Fsp3) is 0.200. The molecule has 2 aromatic heterocycles. The summed E-state index contributed by atoms with van der Waals surface area (Å²) in [5.41, 5.74) is 2.82. The molecule has 0 radical (unpaired) electrons. The number of hydrogen-bond donors (Lipinski definition) is 1. The van der Waals surface area contributed by atoms with Crippen molar-refractivity contribution >= 4 is 44.5 Å². The van der Waals surface area contributed by atoms with Gasteiger partial charge in [-0.15, -0.1) is 22.7 Å². The van der Waals surface area contributed by atoms with Crippen molar-refractivity contribution in [2.45, 2.75) is 6.42 Å². The topological polar surface area (TPSA) is 42.0 Å². The molecule has 2 rings (SSSR count). The Morgan fingerprint density at radius 3 is 3.00 bits per heavy atom. The molecule has 0 aliphatic carbocycles. The molecule has 2 aromatic rings. The van der Waals surface area contributed by atoms with Gasteiger partial charge >= 0.3 is 0 Å². The average Bonchev–Trinajstić information content (AvgIpc) is 2.89. The lowest BCUT2D eigenvalue weighted by atomic mass is 10.3. The SMILES string of the molecule is O=C(NCCc1cscn1)c1ccc(Br)s1. The molecular formula is C10H9BrN2OS2. The first kappa shape index (κ1) is 11.8. The molecule has 3 nitrogen and oxygen atoms in total. The van der Waals surface area contributed by atoms with Crippen molar-refractivity contribution in [3.63, 3.8) is 0 Å². The fourth-order valence-electron chi connectivity index (χ4n) is 1.19. The van der Waals surface area contributed by atoms with Crippen LogP contribution in [0, 0.1) is 0 Å². The Labute approximate surface area is 110 Å². The van der Waals surface area contributed by atoms with E-state index in [2.05, 4.69) is 26.2 Å². The van der Waals surface area contributed by atoms with Crippen molar-refractivity contribution in [2.75, 3.05) is 6.54 Å².